The van der Waals surface area contributed by atoms with Crippen LogP contribution in [0.1, 0.15) is 15.9 Å². The SMILES string of the molecule is COc1ccc(C(=O)N2N=Cc3ccccc3B2O)cc1. The minimum Gasteiger partial charge on any atom is -0.497 e. The van der Waals surface area contributed by atoms with Crippen LogP contribution in [0.5, 0.6) is 5.75 Å². The largest absolute Gasteiger partial charge is 0.497 e. The zero-order valence-electron chi connectivity index (χ0n) is 11.4. The summed E-state index contributed by atoms with van der Waals surface area (Å²) in [5.41, 5.74) is 1.91. The molecule has 3 rings (SSSR count). The second-order valence-corrected chi connectivity index (χ2v) is 4.63. The van der Waals surface area contributed by atoms with E-state index in [1.165, 1.54) is 0 Å². The first-order valence-electron chi connectivity index (χ1n) is 6.49. The molecule has 0 saturated carbocycles. The summed E-state index contributed by atoms with van der Waals surface area (Å²) in [5, 5.41) is 14.4. The summed E-state index contributed by atoms with van der Waals surface area (Å²) in [6, 6.07) is 14.0. The highest BCUT2D eigenvalue weighted by atomic mass is 16.5. The van der Waals surface area contributed by atoms with Crippen LogP contribution in [-0.4, -0.2) is 36.2 Å². The number of hydrogen-bond acceptors (Lipinski definition) is 4. The number of amides is 1. The van der Waals surface area contributed by atoms with Crippen LogP contribution in [-0.2, 0) is 0 Å². The molecule has 0 aromatic heterocycles. The van der Waals surface area contributed by atoms with Gasteiger partial charge >= 0.3 is 7.05 Å². The molecule has 104 valence electrons. The van der Waals surface area contributed by atoms with Gasteiger partial charge in [-0.3, -0.25) is 4.79 Å². The molecular formula is C15H13BN2O3. The van der Waals surface area contributed by atoms with E-state index < -0.39 is 7.05 Å². The predicted molar refractivity (Wildman–Crippen MR) is 80.8 cm³/mol. The minimum atomic E-state index is -1.08. The summed E-state index contributed by atoms with van der Waals surface area (Å²) in [5.74, 6) is 0.301. The van der Waals surface area contributed by atoms with Crippen molar-refractivity contribution >= 4 is 24.6 Å². The van der Waals surface area contributed by atoms with Crippen molar-refractivity contribution in [2.75, 3.05) is 7.11 Å². The van der Waals surface area contributed by atoms with Crippen molar-refractivity contribution in [3.05, 3.63) is 59.7 Å². The molecule has 2 aromatic rings. The van der Waals surface area contributed by atoms with Gasteiger partial charge in [-0.1, -0.05) is 24.3 Å². The van der Waals surface area contributed by atoms with Crippen LogP contribution >= 0.6 is 0 Å². The second-order valence-electron chi connectivity index (χ2n) is 4.63. The van der Waals surface area contributed by atoms with Gasteiger partial charge in [-0.25, -0.2) is 4.92 Å². The van der Waals surface area contributed by atoms with Crippen molar-refractivity contribution in [3.63, 3.8) is 0 Å². The van der Waals surface area contributed by atoms with Crippen molar-refractivity contribution in [2.24, 2.45) is 5.10 Å². The van der Waals surface area contributed by atoms with Crippen molar-refractivity contribution in [1.82, 2.24) is 4.92 Å². The van der Waals surface area contributed by atoms with Gasteiger partial charge < -0.3 is 9.76 Å². The van der Waals surface area contributed by atoms with Crippen LogP contribution in [0.3, 0.4) is 0 Å². The lowest BCUT2D eigenvalue weighted by Gasteiger charge is -2.24. The fourth-order valence-electron chi connectivity index (χ4n) is 2.21. The lowest BCUT2D eigenvalue weighted by molar-refractivity contribution is 0.0846. The Bertz CT molecular complexity index is 700. The Hall–Kier alpha value is -2.60. The Morgan fingerprint density at radius 1 is 1.19 bits per heavy atom. The van der Waals surface area contributed by atoms with Crippen molar-refractivity contribution < 1.29 is 14.6 Å². The number of methoxy groups -OCH3 is 1. The third-order valence-corrected chi connectivity index (χ3v) is 3.37. The van der Waals surface area contributed by atoms with Gasteiger partial charge in [0.15, 0.2) is 0 Å². The molecule has 1 amide bonds. The van der Waals surface area contributed by atoms with Crippen LogP contribution in [0, 0.1) is 0 Å². The number of benzene rings is 2. The highest BCUT2D eigenvalue weighted by Crippen LogP contribution is 2.15. The van der Waals surface area contributed by atoms with Gasteiger partial charge in [0.2, 0.25) is 0 Å². The molecule has 0 spiro atoms. The molecule has 1 aliphatic rings. The van der Waals surface area contributed by atoms with Crippen LogP contribution in [0.4, 0.5) is 0 Å². The molecule has 0 atom stereocenters. The summed E-state index contributed by atoms with van der Waals surface area (Å²) < 4.78 is 5.06. The van der Waals surface area contributed by atoms with Crippen molar-refractivity contribution in [2.45, 2.75) is 0 Å². The van der Waals surface area contributed by atoms with E-state index in [9.17, 15) is 9.82 Å². The third kappa shape index (κ3) is 2.41. The van der Waals surface area contributed by atoms with E-state index in [2.05, 4.69) is 5.10 Å². The molecule has 1 heterocycles. The molecule has 1 N–H and O–H groups in total. The van der Waals surface area contributed by atoms with Crippen LogP contribution in [0.25, 0.3) is 0 Å². The molecule has 5 nitrogen and oxygen atoms in total. The number of carbonyl (C=O) groups is 1. The monoisotopic (exact) mass is 280 g/mol. The van der Waals surface area contributed by atoms with Gasteiger partial charge in [0.05, 0.1) is 13.3 Å². The van der Waals surface area contributed by atoms with Gasteiger partial charge in [0.25, 0.3) is 5.91 Å². The Kier molecular flexibility index (Phi) is 3.45. The van der Waals surface area contributed by atoms with E-state index in [-0.39, 0.29) is 5.91 Å². The fraction of sp³-hybridized carbons (Fsp3) is 0.0667. The third-order valence-electron chi connectivity index (χ3n) is 3.37. The Labute approximate surface area is 122 Å². The standard InChI is InChI=1S/C15H13BN2O3/c1-21-13-8-6-11(7-9-13)15(19)18-16(20)14-5-3-2-4-12(14)10-17-18/h2-10,20H,1H3. The maximum atomic E-state index is 12.4. The summed E-state index contributed by atoms with van der Waals surface area (Å²) >= 11 is 0. The van der Waals surface area contributed by atoms with Crippen molar-refractivity contribution in [1.29, 1.82) is 0 Å². The fourth-order valence-corrected chi connectivity index (χ4v) is 2.21. The summed E-state index contributed by atoms with van der Waals surface area (Å²) in [6.07, 6.45) is 1.57. The maximum absolute atomic E-state index is 12.4. The van der Waals surface area contributed by atoms with Crippen LogP contribution in [0.15, 0.2) is 53.6 Å². The average Bonchev–Trinajstić information content (AvgIpc) is 2.55. The highest BCUT2D eigenvalue weighted by Gasteiger charge is 2.33. The molecule has 1 aliphatic heterocycles. The molecule has 6 heteroatoms. The van der Waals surface area contributed by atoms with Gasteiger partial charge in [0.1, 0.15) is 5.75 Å². The van der Waals surface area contributed by atoms with Gasteiger partial charge in [0, 0.05) is 5.56 Å². The number of hydrogen-bond donors (Lipinski definition) is 1. The molecular weight excluding hydrogens is 267 g/mol. The average molecular weight is 280 g/mol. The van der Waals surface area contributed by atoms with Gasteiger partial charge in [-0.15, -0.1) is 0 Å². The zero-order chi connectivity index (χ0) is 14.8. The number of rotatable bonds is 2. The number of carbonyl (C=O) groups excluding carboxylic acids is 1. The first-order chi connectivity index (χ1) is 10.2. The predicted octanol–water partition coefficient (Wildman–Crippen LogP) is 0.873. The molecule has 2 aromatic carbocycles. The van der Waals surface area contributed by atoms with Crippen LogP contribution in [0.2, 0.25) is 0 Å². The van der Waals surface area contributed by atoms with E-state index in [0.29, 0.717) is 16.8 Å². The molecule has 0 bridgehead atoms. The van der Waals surface area contributed by atoms with E-state index in [0.717, 1.165) is 10.5 Å². The maximum Gasteiger partial charge on any atom is 0.474 e. The number of nitrogens with zero attached hydrogens (tertiary/aromatic N) is 2. The Morgan fingerprint density at radius 3 is 2.62 bits per heavy atom. The molecule has 0 radical (unpaired) electrons. The van der Waals surface area contributed by atoms with Crippen molar-refractivity contribution in [3.8, 4) is 5.75 Å². The molecule has 21 heavy (non-hydrogen) atoms. The minimum absolute atomic E-state index is 0.365. The summed E-state index contributed by atoms with van der Waals surface area (Å²) in [6.45, 7) is 0. The van der Waals surface area contributed by atoms with E-state index >= 15 is 0 Å². The normalized spacial score (nSPS) is 13.0. The molecule has 0 aliphatic carbocycles. The molecule has 0 fully saturated rings. The smallest absolute Gasteiger partial charge is 0.474 e. The number of fused-ring (bicyclic) bond motifs is 1. The lowest BCUT2D eigenvalue weighted by Crippen LogP contribution is -2.52. The van der Waals surface area contributed by atoms with E-state index in [4.69, 9.17) is 4.74 Å². The second kappa shape index (κ2) is 5.42. The van der Waals surface area contributed by atoms with Gasteiger partial charge in [-0.05, 0) is 35.3 Å². The van der Waals surface area contributed by atoms with E-state index in [1.54, 1.807) is 43.7 Å². The van der Waals surface area contributed by atoms with Crippen LogP contribution < -0.4 is 10.2 Å². The first-order valence-corrected chi connectivity index (χ1v) is 6.49. The Balaban J connectivity index is 1.89. The molecule has 0 saturated heterocycles. The number of ether oxygens (including phenoxy) is 1. The first kappa shape index (κ1) is 13.4. The molecule has 0 unspecified atom stereocenters. The quantitative estimate of drug-likeness (QED) is 0.830. The highest BCUT2D eigenvalue weighted by molar-refractivity contribution is 6.68. The lowest BCUT2D eigenvalue weighted by atomic mass is 9.69. The number of hydrazone groups is 1. The van der Waals surface area contributed by atoms with E-state index in [1.807, 2.05) is 18.2 Å². The summed E-state index contributed by atoms with van der Waals surface area (Å²) in [4.78, 5) is 13.5. The summed E-state index contributed by atoms with van der Waals surface area (Å²) in [7, 11) is 0.479. The Morgan fingerprint density at radius 2 is 1.90 bits per heavy atom. The zero-order valence-corrected chi connectivity index (χ0v) is 11.4. The van der Waals surface area contributed by atoms with Gasteiger partial charge in [-0.2, -0.15) is 5.10 Å². The topological polar surface area (TPSA) is 62.1 Å².